The lowest BCUT2D eigenvalue weighted by atomic mass is 10.1. The molecule has 1 rings (SSSR count). The average molecular weight is 272 g/mol. The van der Waals surface area contributed by atoms with Gasteiger partial charge in [-0.25, -0.2) is 13.2 Å². The lowest BCUT2D eigenvalue weighted by Gasteiger charge is -2.08. The van der Waals surface area contributed by atoms with Crippen molar-refractivity contribution < 1.29 is 23.1 Å². The predicted molar refractivity (Wildman–Crippen MR) is 68.0 cm³/mol. The number of aromatic carboxylic acids is 1. The van der Waals surface area contributed by atoms with Gasteiger partial charge in [-0.1, -0.05) is 0 Å². The van der Waals surface area contributed by atoms with Crippen molar-refractivity contribution in [3.63, 3.8) is 0 Å². The van der Waals surface area contributed by atoms with E-state index in [4.69, 9.17) is 9.84 Å². The number of sulfone groups is 1. The van der Waals surface area contributed by atoms with E-state index in [0.29, 0.717) is 24.3 Å². The van der Waals surface area contributed by atoms with Crippen molar-refractivity contribution in [3.8, 4) is 5.75 Å². The summed E-state index contributed by atoms with van der Waals surface area (Å²) in [7, 11) is -2.96. The Hall–Kier alpha value is -1.56. The molecule has 0 spiro atoms. The number of rotatable bonds is 6. The van der Waals surface area contributed by atoms with Crippen LogP contribution in [-0.4, -0.2) is 38.1 Å². The second-order valence-electron chi connectivity index (χ2n) is 4.11. The molecule has 1 aromatic rings. The normalized spacial score (nSPS) is 11.2. The molecule has 0 aliphatic carbocycles. The van der Waals surface area contributed by atoms with Crippen LogP contribution in [0.2, 0.25) is 0 Å². The number of carboxylic acids is 1. The molecule has 1 N–H and O–H groups in total. The Morgan fingerprint density at radius 2 is 2.06 bits per heavy atom. The summed E-state index contributed by atoms with van der Waals surface area (Å²) in [6.07, 6.45) is 1.59. The number of hydrogen-bond acceptors (Lipinski definition) is 4. The molecule has 5 nitrogen and oxygen atoms in total. The Bertz CT molecular complexity index is 533. The summed E-state index contributed by atoms with van der Waals surface area (Å²) < 4.78 is 27.2. The second-order valence-corrected chi connectivity index (χ2v) is 6.37. The maximum absolute atomic E-state index is 10.9. The number of aryl methyl sites for hydroxylation is 1. The molecule has 0 fully saturated rings. The maximum Gasteiger partial charge on any atom is 0.335 e. The number of carbonyl (C=O) groups is 1. The fraction of sp³-hybridized carbons (Fsp3) is 0.417. The molecule has 0 saturated heterocycles. The van der Waals surface area contributed by atoms with Gasteiger partial charge in [0, 0.05) is 6.26 Å². The molecule has 0 bridgehead atoms. The summed E-state index contributed by atoms with van der Waals surface area (Å²) in [4.78, 5) is 10.8. The van der Waals surface area contributed by atoms with Gasteiger partial charge in [0.1, 0.15) is 15.6 Å². The molecule has 0 radical (unpaired) electrons. The van der Waals surface area contributed by atoms with Crippen LogP contribution >= 0.6 is 0 Å². The van der Waals surface area contributed by atoms with Gasteiger partial charge in [0.05, 0.1) is 17.9 Å². The smallest absolute Gasteiger partial charge is 0.335 e. The monoisotopic (exact) mass is 272 g/mol. The Morgan fingerprint density at radius 3 is 2.56 bits per heavy atom. The van der Waals surface area contributed by atoms with Gasteiger partial charge in [-0.05, 0) is 37.1 Å². The molecular weight excluding hydrogens is 256 g/mol. The maximum atomic E-state index is 10.9. The van der Waals surface area contributed by atoms with Crippen LogP contribution in [0.15, 0.2) is 18.2 Å². The van der Waals surface area contributed by atoms with E-state index < -0.39 is 15.8 Å². The number of hydrogen-bond donors (Lipinski definition) is 1. The predicted octanol–water partition coefficient (Wildman–Crippen LogP) is 1.51. The highest BCUT2D eigenvalue weighted by Crippen LogP contribution is 2.17. The summed E-state index contributed by atoms with van der Waals surface area (Å²) in [6, 6.07) is 4.67. The van der Waals surface area contributed by atoms with Crippen molar-refractivity contribution in [3.05, 3.63) is 29.3 Å². The van der Waals surface area contributed by atoms with Crippen LogP contribution in [0.4, 0.5) is 0 Å². The first-order chi connectivity index (χ1) is 8.29. The quantitative estimate of drug-likeness (QED) is 0.794. The number of ether oxygens (including phenoxy) is 1. The molecule has 0 aromatic heterocycles. The third-order valence-electron chi connectivity index (χ3n) is 2.36. The van der Waals surface area contributed by atoms with E-state index in [0.717, 1.165) is 0 Å². The van der Waals surface area contributed by atoms with Crippen molar-refractivity contribution in [1.29, 1.82) is 0 Å². The third kappa shape index (κ3) is 4.75. The number of carboxylic acid groups (broad SMARTS) is 1. The lowest BCUT2D eigenvalue weighted by Crippen LogP contribution is -2.08. The topological polar surface area (TPSA) is 80.7 Å². The highest BCUT2D eigenvalue weighted by atomic mass is 32.2. The van der Waals surface area contributed by atoms with Crippen LogP contribution in [0.25, 0.3) is 0 Å². The standard InChI is InChI=1S/C12H16O5S/c1-9-8-10(4-5-11(9)12(13)14)17-6-3-7-18(2,15)16/h4-5,8H,3,6-7H2,1-2H3,(H,13,14). The molecule has 0 heterocycles. The first-order valence-electron chi connectivity index (χ1n) is 5.44. The first-order valence-corrected chi connectivity index (χ1v) is 7.50. The largest absolute Gasteiger partial charge is 0.494 e. The van der Waals surface area contributed by atoms with Crippen molar-refractivity contribution in [2.24, 2.45) is 0 Å². The zero-order valence-corrected chi connectivity index (χ0v) is 11.2. The molecule has 0 atom stereocenters. The van der Waals surface area contributed by atoms with Gasteiger partial charge in [0.2, 0.25) is 0 Å². The van der Waals surface area contributed by atoms with Crippen molar-refractivity contribution in [2.45, 2.75) is 13.3 Å². The first kappa shape index (κ1) is 14.5. The Labute approximate surface area is 106 Å². The zero-order chi connectivity index (χ0) is 13.8. The van der Waals surface area contributed by atoms with Crippen LogP contribution in [-0.2, 0) is 9.84 Å². The Kier molecular flexibility index (Phi) is 4.72. The minimum Gasteiger partial charge on any atom is -0.494 e. The fourth-order valence-corrected chi connectivity index (χ4v) is 2.12. The molecule has 100 valence electrons. The molecule has 0 aliphatic heterocycles. The summed E-state index contributed by atoms with van der Waals surface area (Å²) in [5.74, 6) is -0.346. The summed E-state index contributed by atoms with van der Waals surface area (Å²) in [5.41, 5.74) is 0.849. The molecule has 0 amide bonds. The van der Waals surface area contributed by atoms with Crippen molar-refractivity contribution in [1.82, 2.24) is 0 Å². The molecule has 0 saturated carbocycles. The van der Waals surface area contributed by atoms with E-state index >= 15 is 0 Å². The molecular formula is C12H16O5S. The van der Waals surface area contributed by atoms with Crippen LogP contribution in [0, 0.1) is 6.92 Å². The van der Waals surface area contributed by atoms with Crippen LogP contribution in [0.5, 0.6) is 5.75 Å². The Balaban J connectivity index is 2.54. The van der Waals surface area contributed by atoms with E-state index in [9.17, 15) is 13.2 Å². The van der Waals surface area contributed by atoms with E-state index in [1.165, 1.54) is 12.3 Å². The third-order valence-corrected chi connectivity index (χ3v) is 3.39. The summed E-state index contributed by atoms with van der Waals surface area (Å²) in [5, 5.41) is 8.85. The highest BCUT2D eigenvalue weighted by Gasteiger charge is 2.08. The Morgan fingerprint density at radius 1 is 1.39 bits per heavy atom. The summed E-state index contributed by atoms with van der Waals surface area (Å²) >= 11 is 0. The van der Waals surface area contributed by atoms with E-state index in [1.807, 2.05) is 0 Å². The zero-order valence-electron chi connectivity index (χ0n) is 10.3. The van der Waals surface area contributed by atoms with Gasteiger partial charge in [0.15, 0.2) is 0 Å². The van der Waals surface area contributed by atoms with Crippen LogP contribution < -0.4 is 4.74 Å². The number of benzene rings is 1. The SMILES string of the molecule is Cc1cc(OCCCS(C)(=O)=O)ccc1C(=O)O. The minimum atomic E-state index is -2.96. The van der Waals surface area contributed by atoms with E-state index in [2.05, 4.69) is 0 Å². The highest BCUT2D eigenvalue weighted by molar-refractivity contribution is 7.90. The van der Waals surface area contributed by atoms with Crippen LogP contribution in [0.1, 0.15) is 22.3 Å². The summed E-state index contributed by atoms with van der Waals surface area (Å²) in [6.45, 7) is 1.98. The molecule has 6 heteroatoms. The van der Waals surface area contributed by atoms with Gasteiger partial charge in [-0.15, -0.1) is 0 Å². The van der Waals surface area contributed by atoms with E-state index in [-0.39, 0.29) is 11.3 Å². The minimum absolute atomic E-state index is 0.0825. The van der Waals surface area contributed by atoms with Gasteiger partial charge in [0.25, 0.3) is 0 Å². The second kappa shape index (κ2) is 5.86. The average Bonchev–Trinajstić information content (AvgIpc) is 2.22. The van der Waals surface area contributed by atoms with Crippen molar-refractivity contribution >= 4 is 15.8 Å². The van der Waals surface area contributed by atoms with Gasteiger partial charge in [-0.2, -0.15) is 0 Å². The molecule has 0 unspecified atom stereocenters. The lowest BCUT2D eigenvalue weighted by molar-refractivity contribution is 0.0696. The molecule has 1 aromatic carbocycles. The van der Waals surface area contributed by atoms with Crippen LogP contribution in [0.3, 0.4) is 0 Å². The molecule has 0 aliphatic rings. The fourth-order valence-electron chi connectivity index (χ4n) is 1.48. The van der Waals surface area contributed by atoms with Gasteiger partial charge >= 0.3 is 5.97 Å². The molecule has 18 heavy (non-hydrogen) atoms. The van der Waals surface area contributed by atoms with Gasteiger partial charge < -0.3 is 9.84 Å². The van der Waals surface area contributed by atoms with Crippen molar-refractivity contribution in [2.75, 3.05) is 18.6 Å². The van der Waals surface area contributed by atoms with E-state index in [1.54, 1.807) is 19.1 Å². The van der Waals surface area contributed by atoms with Gasteiger partial charge in [-0.3, -0.25) is 0 Å².